The summed E-state index contributed by atoms with van der Waals surface area (Å²) in [6.07, 6.45) is 0.992. The van der Waals surface area contributed by atoms with Gasteiger partial charge in [-0.05, 0) is 30.2 Å². The summed E-state index contributed by atoms with van der Waals surface area (Å²) in [5, 5.41) is 4.24. The number of aromatic nitrogens is 3. The SMILES string of the molecule is COC1CCN(C(=O)Cn2ncc3ncc(-c4ccc(F)c(C(F)F)c4)cc32)C1. The third-order valence-corrected chi connectivity index (χ3v) is 5.18. The van der Waals surface area contributed by atoms with E-state index in [0.29, 0.717) is 35.2 Å². The van der Waals surface area contributed by atoms with Gasteiger partial charge in [0.05, 0.1) is 23.4 Å². The second kappa shape index (κ2) is 7.82. The summed E-state index contributed by atoms with van der Waals surface area (Å²) in [6.45, 7) is 1.22. The minimum Gasteiger partial charge on any atom is -0.380 e. The molecule has 0 radical (unpaired) electrons. The van der Waals surface area contributed by atoms with Gasteiger partial charge in [-0.15, -0.1) is 0 Å². The van der Waals surface area contributed by atoms with E-state index < -0.39 is 17.8 Å². The molecule has 1 saturated heterocycles. The predicted octanol–water partition coefficient (Wildman–Crippen LogP) is 3.42. The number of carbonyl (C=O) groups excluding carboxylic acids is 1. The maximum atomic E-state index is 13.6. The molecule has 3 heterocycles. The standard InChI is InChI=1S/C20H19F3N4O2/c1-29-14-4-5-26(10-14)19(28)11-27-18-7-13(8-24-17(18)9-25-27)12-2-3-16(21)15(6-12)20(22)23/h2-3,6-9,14,20H,4-5,10-11H2,1H3. The van der Waals surface area contributed by atoms with Crippen molar-refractivity contribution in [1.82, 2.24) is 19.7 Å². The van der Waals surface area contributed by atoms with E-state index in [2.05, 4.69) is 10.1 Å². The van der Waals surface area contributed by atoms with E-state index in [1.54, 1.807) is 24.3 Å². The molecule has 29 heavy (non-hydrogen) atoms. The van der Waals surface area contributed by atoms with Gasteiger partial charge in [-0.3, -0.25) is 14.5 Å². The zero-order valence-corrected chi connectivity index (χ0v) is 15.7. The van der Waals surface area contributed by atoms with Gasteiger partial charge in [0.25, 0.3) is 6.43 Å². The molecule has 152 valence electrons. The fourth-order valence-electron chi connectivity index (χ4n) is 3.51. The molecule has 0 spiro atoms. The van der Waals surface area contributed by atoms with Gasteiger partial charge in [0.15, 0.2) is 0 Å². The topological polar surface area (TPSA) is 60.2 Å². The first kappa shape index (κ1) is 19.4. The molecule has 0 N–H and O–H groups in total. The first-order chi connectivity index (χ1) is 14.0. The number of pyridine rings is 1. The number of fused-ring (bicyclic) bond motifs is 1. The maximum Gasteiger partial charge on any atom is 0.266 e. The molecule has 1 amide bonds. The smallest absolute Gasteiger partial charge is 0.266 e. The van der Waals surface area contributed by atoms with Gasteiger partial charge in [0.1, 0.15) is 17.9 Å². The molecule has 1 atom stereocenters. The highest BCUT2D eigenvalue weighted by Gasteiger charge is 2.26. The first-order valence-corrected chi connectivity index (χ1v) is 9.16. The number of amides is 1. The van der Waals surface area contributed by atoms with E-state index in [9.17, 15) is 18.0 Å². The van der Waals surface area contributed by atoms with Crippen molar-refractivity contribution < 1.29 is 22.7 Å². The lowest BCUT2D eigenvalue weighted by atomic mass is 10.0. The van der Waals surface area contributed by atoms with Crippen molar-refractivity contribution in [3.8, 4) is 11.1 Å². The van der Waals surface area contributed by atoms with Crippen molar-refractivity contribution in [3.05, 3.63) is 48.0 Å². The summed E-state index contributed by atoms with van der Waals surface area (Å²) in [5.74, 6) is -1.03. The Bertz CT molecular complexity index is 1050. The molecule has 0 saturated carbocycles. The fourth-order valence-corrected chi connectivity index (χ4v) is 3.51. The normalized spacial score (nSPS) is 16.9. The van der Waals surface area contributed by atoms with E-state index >= 15 is 0 Å². The second-order valence-electron chi connectivity index (χ2n) is 6.95. The van der Waals surface area contributed by atoms with Gasteiger partial charge in [0.2, 0.25) is 5.91 Å². The van der Waals surface area contributed by atoms with Crippen LogP contribution >= 0.6 is 0 Å². The predicted molar refractivity (Wildman–Crippen MR) is 99.9 cm³/mol. The van der Waals surface area contributed by atoms with Crippen LogP contribution in [0.15, 0.2) is 36.7 Å². The molecular weight excluding hydrogens is 385 g/mol. The Labute approximate surface area is 164 Å². The number of ether oxygens (including phenoxy) is 1. The highest BCUT2D eigenvalue weighted by atomic mass is 19.3. The van der Waals surface area contributed by atoms with Crippen LogP contribution < -0.4 is 0 Å². The van der Waals surface area contributed by atoms with Crippen molar-refractivity contribution in [2.75, 3.05) is 20.2 Å². The molecule has 4 rings (SSSR count). The third kappa shape index (κ3) is 3.82. The quantitative estimate of drug-likeness (QED) is 0.654. The fraction of sp³-hybridized carbons (Fsp3) is 0.350. The van der Waals surface area contributed by atoms with Crippen LogP contribution in [-0.2, 0) is 16.1 Å². The molecule has 1 aliphatic heterocycles. The molecule has 2 aromatic heterocycles. The Kier molecular flexibility index (Phi) is 5.23. The van der Waals surface area contributed by atoms with E-state index in [4.69, 9.17) is 4.74 Å². The molecule has 0 aliphatic carbocycles. The van der Waals surface area contributed by atoms with Crippen molar-refractivity contribution in [2.45, 2.75) is 25.5 Å². The van der Waals surface area contributed by atoms with Crippen LogP contribution in [0.4, 0.5) is 13.2 Å². The zero-order chi connectivity index (χ0) is 20.5. The number of methoxy groups -OCH3 is 1. The van der Waals surface area contributed by atoms with Crippen molar-refractivity contribution in [2.24, 2.45) is 0 Å². The van der Waals surface area contributed by atoms with E-state index in [1.165, 1.54) is 16.9 Å². The Hall–Kier alpha value is -2.94. The number of rotatable bonds is 5. The van der Waals surface area contributed by atoms with E-state index in [1.807, 2.05) is 0 Å². The zero-order valence-electron chi connectivity index (χ0n) is 15.7. The van der Waals surface area contributed by atoms with Crippen molar-refractivity contribution in [1.29, 1.82) is 0 Å². The molecule has 1 fully saturated rings. The van der Waals surface area contributed by atoms with Crippen LogP contribution in [0.3, 0.4) is 0 Å². The average molecular weight is 404 g/mol. The molecule has 3 aromatic rings. The molecule has 9 heteroatoms. The van der Waals surface area contributed by atoms with E-state index in [-0.39, 0.29) is 18.6 Å². The van der Waals surface area contributed by atoms with Crippen LogP contribution in [0.1, 0.15) is 18.4 Å². The number of carbonyl (C=O) groups is 1. The van der Waals surface area contributed by atoms with Crippen LogP contribution in [0.5, 0.6) is 0 Å². The van der Waals surface area contributed by atoms with E-state index in [0.717, 1.165) is 18.6 Å². The number of nitrogens with zero attached hydrogens (tertiary/aromatic N) is 4. The Morgan fingerprint density at radius 3 is 2.83 bits per heavy atom. The molecule has 6 nitrogen and oxygen atoms in total. The lowest BCUT2D eigenvalue weighted by Crippen LogP contribution is -2.33. The van der Waals surface area contributed by atoms with Gasteiger partial charge in [-0.25, -0.2) is 13.2 Å². The number of likely N-dealkylation sites (tertiary alicyclic amines) is 1. The Morgan fingerprint density at radius 1 is 1.28 bits per heavy atom. The largest absolute Gasteiger partial charge is 0.380 e. The highest BCUT2D eigenvalue weighted by Crippen LogP contribution is 2.29. The third-order valence-electron chi connectivity index (χ3n) is 5.18. The molecule has 1 unspecified atom stereocenters. The van der Waals surface area contributed by atoms with Gasteiger partial charge < -0.3 is 9.64 Å². The molecular formula is C20H19F3N4O2. The minimum absolute atomic E-state index is 0.0385. The minimum atomic E-state index is -2.91. The summed E-state index contributed by atoms with van der Waals surface area (Å²) in [7, 11) is 1.63. The Balaban J connectivity index is 1.62. The lowest BCUT2D eigenvalue weighted by Gasteiger charge is -2.16. The van der Waals surface area contributed by atoms with Crippen LogP contribution in [0.25, 0.3) is 22.2 Å². The molecule has 1 aliphatic rings. The second-order valence-corrected chi connectivity index (χ2v) is 6.95. The summed E-state index contributed by atoms with van der Waals surface area (Å²) in [6, 6.07) is 5.27. The summed E-state index contributed by atoms with van der Waals surface area (Å²) < 4.78 is 46.4. The van der Waals surface area contributed by atoms with Crippen LogP contribution in [-0.4, -0.2) is 51.9 Å². The number of hydrogen-bond acceptors (Lipinski definition) is 4. The monoisotopic (exact) mass is 404 g/mol. The van der Waals surface area contributed by atoms with Gasteiger partial charge in [-0.2, -0.15) is 5.10 Å². The number of alkyl halides is 2. The number of hydrogen-bond donors (Lipinski definition) is 0. The summed E-state index contributed by atoms with van der Waals surface area (Å²) in [5.41, 5.74) is 1.47. The maximum absolute atomic E-state index is 13.6. The first-order valence-electron chi connectivity index (χ1n) is 9.16. The lowest BCUT2D eigenvalue weighted by molar-refractivity contribution is -0.131. The van der Waals surface area contributed by atoms with Crippen molar-refractivity contribution >= 4 is 16.9 Å². The Morgan fingerprint density at radius 2 is 2.10 bits per heavy atom. The number of halogens is 3. The van der Waals surface area contributed by atoms with Crippen LogP contribution in [0, 0.1) is 5.82 Å². The van der Waals surface area contributed by atoms with Crippen LogP contribution in [0.2, 0.25) is 0 Å². The number of benzene rings is 1. The highest BCUT2D eigenvalue weighted by molar-refractivity contribution is 5.83. The average Bonchev–Trinajstić information content (AvgIpc) is 3.35. The van der Waals surface area contributed by atoms with Gasteiger partial charge >= 0.3 is 0 Å². The molecule has 1 aromatic carbocycles. The van der Waals surface area contributed by atoms with Gasteiger partial charge in [-0.1, -0.05) is 6.07 Å². The van der Waals surface area contributed by atoms with Gasteiger partial charge in [0, 0.05) is 32.0 Å². The van der Waals surface area contributed by atoms with Crippen molar-refractivity contribution in [3.63, 3.8) is 0 Å². The summed E-state index contributed by atoms with van der Waals surface area (Å²) in [4.78, 5) is 18.6. The molecule has 0 bridgehead atoms. The summed E-state index contributed by atoms with van der Waals surface area (Å²) >= 11 is 0.